The fourth-order valence-electron chi connectivity index (χ4n) is 2.67. The molecule has 0 saturated heterocycles. The van der Waals surface area contributed by atoms with Crippen molar-refractivity contribution in [3.63, 3.8) is 0 Å². The third-order valence-electron chi connectivity index (χ3n) is 3.92. The summed E-state index contributed by atoms with van der Waals surface area (Å²) in [5.74, 6) is 0.0543. The molecule has 3 nitrogen and oxygen atoms in total. The van der Waals surface area contributed by atoms with Crippen molar-refractivity contribution in [2.24, 2.45) is 5.10 Å². The standard InChI is InChI=1S/C20H20N2O/c1-2-20(23)22-18(14-13-16-9-5-3-6-10-16)15-19(21-22)17-11-7-4-8-12-17/h3-14,18H,2,15H2,1H3/b14-13+/t18-/m1/s1. The highest BCUT2D eigenvalue weighted by atomic mass is 16.2. The Hall–Kier alpha value is -2.68. The second-order valence-corrected chi connectivity index (χ2v) is 5.55. The Balaban J connectivity index is 1.83. The predicted molar refractivity (Wildman–Crippen MR) is 94.0 cm³/mol. The lowest BCUT2D eigenvalue weighted by Gasteiger charge is -2.17. The molecule has 2 aromatic carbocycles. The highest BCUT2D eigenvalue weighted by Gasteiger charge is 2.28. The van der Waals surface area contributed by atoms with Gasteiger partial charge in [0.2, 0.25) is 5.91 Å². The first kappa shape index (κ1) is 15.2. The summed E-state index contributed by atoms with van der Waals surface area (Å²) >= 11 is 0. The number of hydrazone groups is 1. The van der Waals surface area contributed by atoms with Gasteiger partial charge < -0.3 is 0 Å². The zero-order chi connectivity index (χ0) is 16.1. The van der Waals surface area contributed by atoms with E-state index in [1.54, 1.807) is 5.01 Å². The highest BCUT2D eigenvalue weighted by molar-refractivity contribution is 6.03. The molecule has 2 aromatic rings. The van der Waals surface area contributed by atoms with E-state index in [2.05, 4.69) is 29.4 Å². The van der Waals surface area contributed by atoms with Gasteiger partial charge >= 0.3 is 0 Å². The summed E-state index contributed by atoms with van der Waals surface area (Å²) in [6.07, 6.45) is 5.34. The Bertz CT molecular complexity index is 720. The smallest absolute Gasteiger partial charge is 0.242 e. The molecule has 0 unspecified atom stereocenters. The van der Waals surface area contributed by atoms with Crippen LogP contribution >= 0.6 is 0 Å². The van der Waals surface area contributed by atoms with Crippen LogP contribution in [0.15, 0.2) is 71.8 Å². The SMILES string of the molecule is CCC(=O)N1N=C(c2ccccc2)C[C@H]1/C=C/c1ccccc1. The Labute approximate surface area is 136 Å². The quantitative estimate of drug-likeness (QED) is 0.836. The van der Waals surface area contributed by atoms with Crippen LogP contribution in [0.25, 0.3) is 6.08 Å². The molecule has 0 radical (unpaired) electrons. The van der Waals surface area contributed by atoms with Crippen LogP contribution in [0.3, 0.4) is 0 Å². The fourth-order valence-corrected chi connectivity index (χ4v) is 2.67. The molecule has 0 bridgehead atoms. The lowest BCUT2D eigenvalue weighted by atomic mass is 10.0. The topological polar surface area (TPSA) is 32.7 Å². The predicted octanol–water partition coefficient (Wildman–Crippen LogP) is 4.12. The number of amides is 1. The Morgan fingerprint density at radius 2 is 1.78 bits per heavy atom. The molecule has 3 rings (SSSR count). The maximum Gasteiger partial charge on any atom is 0.242 e. The zero-order valence-electron chi connectivity index (χ0n) is 13.2. The van der Waals surface area contributed by atoms with E-state index in [4.69, 9.17) is 0 Å². The molecule has 1 aliphatic heterocycles. The number of carbonyl (C=O) groups excluding carboxylic acids is 1. The van der Waals surface area contributed by atoms with Crippen molar-refractivity contribution in [1.82, 2.24) is 5.01 Å². The van der Waals surface area contributed by atoms with Gasteiger partial charge in [-0.15, -0.1) is 0 Å². The van der Waals surface area contributed by atoms with E-state index in [1.165, 1.54) is 0 Å². The molecule has 0 aliphatic carbocycles. The van der Waals surface area contributed by atoms with Crippen LogP contribution in [0.1, 0.15) is 30.9 Å². The Morgan fingerprint density at radius 3 is 2.43 bits per heavy atom. The van der Waals surface area contributed by atoms with Crippen molar-refractivity contribution in [2.75, 3.05) is 0 Å². The van der Waals surface area contributed by atoms with E-state index in [0.29, 0.717) is 6.42 Å². The molecule has 3 heteroatoms. The van der Waals surface area contributed by atoms with E-state index in [9.17, 15) is 4.79 Å². The summed E-state index contributed by atoms with van der Waals surface area (Å²) in [6, 6.07) is 20.2. The number of hydrogen-bond acceptors (Lipinski definition) is 2. The molecule has 0 saturated carbocycles. The number of carbonyl (C=O) groups is 1. The van der Waals surface area contributed by atoms with E-state index >= 15 is 0 Å². The van der Waals surface area contributed by atoms with Crippen LogP contribution in [-0.2, 0) is 4.79 Å². The van der Waals surface area contributed by atoms with Gasteiger partial charge in [0.1, 0.15) is 0 Å². The number of benzene rings is 2. The van der Waals surface area contributed by atoms with Crippen molar-refractivity contribution in [3.8, 4) is 0 Å². The maximum absolute atomic E-state index is 12.2. The van der Waals surface area contributed by atoms with Crippen molar-refractivity contribution in [2.45, 2.75) is 25.8 Å². The normalized spacial score (nSPS) is 17.5. The van der Waals surface area contributed by atoms with Gasteiger partial charge in [0.25, 0.3) is 0 Å². The van der Waals surface area contributed by atoms with Gasteiger partial charge in [-0.1, -0.05) is 79.7 Å². The van der Waals surface area contributed by atoms with Gasteiger partial charge in [-0.05, 0) is 11.1 Å². The molecule has 116 valence electrons. The summed E-state index contributed by atoms with van der Waals surface area (Å²) in [4.78, 5) is 12.2. The lowest BCUT2D eigenvalue weighted by molar-refractivity contribution is -0.131. The van der Waals surface area contributed by atoms with Gasteiger partial charge in [-0.25, -0.2) is 5.01 Å². The molecule has 0 spiro atoms. The van der Waals surface area contributed by atoms with E-state index in [-0.39, 0.29) is 11.9 Å². The lowest BCUT2D eigenvalue weighted by Crippen LogP contribution is -2.30. The molecule has 1 amide bonds. The fraction of sp³-hybridized carbons (Fsp3) is 0.200. The highest BCUT2D eigenvalue weighted by Crippen LogP contribution is 2.22. The molecule has 1 atom stereocenters. The summed E-state index contributed by atoms with van der Waals surface area (Å²) in [6.45, 7) is 1.87. The second kappa shape index (κ2) is 7.05. The van der Waals surface area contributed by atoms with Crippen molar-refractivity contribution in [1.29, 1.82) is 0 Å². The van der Waals surface area contributed by atoms with Gasteiger partial charge in [-0.3, -0.25) is 4.79 Å². The van der Waals surface area contributed by atoms with Gasteiger partial charge in [0, 0.05) is 12.8 Å². The molecule has 23 heavy (non-hydrogen) atoms. The molecule has 0 N–H and O–H groups in total. The summed E-state index contributed by atoms with van der Waals surface area (Å²) in [7, 11) is 0. The largest absolute Gasteiger partial charge is 0.273 e. The average Bonchev–Trinajstić information content (AvgIpc) is 3.05. The first-order valence-electron chi connectivity index (χ1n) is 7.96. The number of hydrogen-bond donors (Lipinski definition) is 0. The third kappa shape index (κ3) is 3.57. The van der Waals surface area contributed by atoms with Crippen LogP contribution in [0.2, 0.25) is 0 Å². The minimum absolute atomic E-state index is 0.0159. The van der Waals surface area contributed by atoms with E-state index in [1.807, 2.05) is 55.5 Å². The molecule has 0 fully saturated rings. The van der Waals surface area contributed by atoms with Crippen molar-refractivity contribution in [3.05, 3.63) is 77.9 Å². The summed E-state index contributed by atoms with van der Waals surface area (Å²) in [5.41, 5.74) is 3.18. The van der Waals surface area contributed by atoms with Gasteiger partial charge in [-0.2, -0.15) is 5.10 Å². The van der Waals surface area contributed by atoms with Gasteiger partial charge in [0.05, 0.1) is 11.8 Å². The average molecular weight is 304 g/mol. The molecular weight excluding hydrogens is 284 g/mol. The van der Waals surface area contributed by atoms with Crippen LogP contribution in [0.4, 0.5) is 0 Å². The number of rotatable bonds is 4. The Morgan fingerprint density at radius 1 is 1.13 bits per heavy atom. The zero-order valence-corrected chi connectivity index (χ0v) is 13.2. The van der Waals surface area contributed by atoms with Gasteiger partial charge in [0.15, 0.2) is 0 Å². The van der Waals surface area contributed by atoms with Crippen molar-refractivity contribution < 1.29 is 4.79 Å². The monoisotopic (exact) mass is 304 g/mol. The molecule has 1 heterocycles. The van der Waals surface area contributed by atoms with Crippen LogP contribution in [0.5, 0.6) is 0 Å². The molecule has 1 aliphatic rings. The maximum atomic E-state index is 12.2. The summed E-state index contributed by atoms with van der Waals surface area (Å²) < 4.78 is 0. The van der Waals surface area contributed by atoms with E-state index < -0.39 is 0 Å². The molecule has 0 aromatic heterocycles. The molecular formula is C20H20N2O. The third-order valence-corrected chi connectivity index (χ3v) is 3.92. The number of nitrogens with zero attached hydrogens (tertiary/aromatic N) is 2. The van der Waals surface area contributed by atoms with E-state index in [0.717, 1.165) is 23.3 Å². The minimum atomic E-state index is -0.0159. The first-order valence-corrected chi connectivity index (χ1v) is 7.96. The summed E-state index contributed by atoms with van der Waals surface area (Å²) in [5, 5.41) is 6.20. The van der Waals surface area contributed by atoms with Crippen LogP contribution in [-0.4, -0.2) is 22.7 Å². The second-order valence-electron chi connectivity index (χ2n) is 5.55. The Kier molecular flexibility index (Phi) is 4.67. The first-order chi connectivity index (χ1) is 11.3. The van der Waals surface area contributed by atoms with Crippen LogP contribution in [0, 0.1) is 0 Å². The van der Waals surface area contributed by atoms with Crippen LogP contribution < -0.4 is 0 Å². The minimum Gasteiger partial charge on any atom is -0.273 e. The van der Waals surface area contributed by atoms with Crippen molar-refractivity contribution >= 4 is 17.7 Å².